The molecule has 4 rings (SSSR count). The number of nitrogens with two attached hydrogens (primary N) is 1. The molecule has 3 aromatic rings. The molecule has 176 valence electrons. The molecule has 10 nitrogen and oxygen atoms in total. The molecule has 1 amide bonds. The Morgan fingerprint density at radius 3 is 2.41 bits per heavy atom. The lowest BCUT2D eigenvalue weighted by Gasteiger charge is -2.34. The fourth-order valence-electron chi connectivity index (χ4n) is 3.93. The van der Waals surface area contributed by atoms with Crippen molar-refractivity contribution in [3.63, 3.8) is 0 Å². The standard InChI is InChI=1S/C23H23N5O5S/c1-2-34(32,33)27-16-10-8-14(9-11-16)18(20(24)29)28-19-17(23(30)31)12-13-25-21(19)26-22(28)15-6-4-3-5-7-15/h3-13,18,22,27H,2H2,1H3,(H2,24,29)(H,25,26)(H,30,31). The second kappa shape index (κ2) is 9.02. The predicted molar refractivity (Wildman–Crippen MR) is 128 cm³/mol. The Balaban J connectivity index is 1.83. The van der Waals surface area contributed by atoms with Gasteiger partial charge in [-0.05, 0) is 36.2 Å². The van der Waals surface area contributed by atoms with Gasteiger partial charge in [0.25, 0.3) is 0 Å². The van der Waals surface area contributed by atoms with Crippen molar-refractivity contribution in [2.24, 2.45) is 5.73 Å². The summed E-state index contributed by atoms with van der Waals surface area (Å²) >= 11 is 0. The number of carbonyl (C=O) groups is 2. The number of aromatic nitrogens is 1. The molecular weight excluding hydrogens is 458 g/mol. The number of amides is 1. The predicted octanol–water partition coefficient (Wildman–Crippen LogP) is 2.70. The van der Waals surface area contributed by atoms with E-state index in [0.717, 1.165) is 5.56 Å². The smallest absolute Gasteiger partial charge is 0.338 e. The molecule has 0 aliphatic carbocycles. The molecule has 2 heterocycles. The third-order valence-electron chi connectivity index (χ3n) is 5.51. The Morgan fingerprint density at radius 1 is 1.15 bits per heavy atom. The van der Waals surface area contributed by atoms with Gasteiger partial charge in [0, 0.05) is 11.9 Å². The summed E-state index contributed by atoms with van der Waals surface area (Å²) in [5.41, 5.74) is 7.62. The summed E-state index contributed by atoms with van der Waals surface area (Å²) in [7, 11) is -3.47. The number of benzene rings is 2. The van der Waals surface area contributed by atoms with E-state index in [0.29, 0.717) is 17.1 Å². The van der Waals surface area contributed by atoms with Gasteiger partial charge in [-0.25, -0.2) is 18.2 Å². The zero-order chi connectivity index (χ0) is 24.5. The highest BCUT2D eigenvalue weighted by molar-refractivity contribution is 7.92. The number of hydrogen-bond acceptors (Lipinski definition) is 7. The number of nitrogens with one attached hydrogen (secondary N) is 2. The van der Waals surface area contributed by atoms with E-state index >= 15 is 0 Å². The molecule has 0 saturated heterocycles. The van der Waals surface area contributed by atoms with Crippen LogP contribution in [0.5, 0.6) is 0 Å². The number of anilines is 3. The van der Waals surface area contributed by atoms with Crippen LogP contribution in [0.25, 0.3) is 0 Å². The number of hydrogen-bond donors (Lipinski definition) is 4. The van der Waals surface area contributed by atoms with Crippen LogP contribution in [0.2, 0.25) is 0 Å². The van der Waals surface area contributed by atoms with Gasteiger partial charge in [0.15, 0.2) is 5.82 Å². The van der Waals surface area contributed by atoms with Crippen molar-refractivity contribution >= 4 is 39.1 Å². The first kappa shape index (κ1) is 23.1. The second-order valence-electron chi connectivity index (χ2n) is 7.66. The minimum absolute atomic E-state index is 0.0329. The Morgan fingerprint density at radius 2 is 1.82 bits per heavy atom. The largest absolute Gasteiger partial charge is 0.478 e. The van der Waals surface area contributed by atoms with Crippen LogP contribution >= 0.6 is 0 Å². The van der Waals surface area contributed by atoms with Gasteiger partial charge in [-0.2, -0.15) is 0 Å². The van der Waals surface area contributed by atoms with Crippen molar-refractivity contribution in [3.8, 4) is 0 Å². The number of sulfonamides is 1. The van der Waals surface area contributed by atoms with Gasteiger partial charge in [0.05, 0.1) is 17.0 Å². The topological polar surface area (TPSA) is 155 Å². The molecule has 5 N–H and O–H groups in total. The van der Waals surface area contributed by atoms with Crippen LogP contribution in [0.3, 0.4) is 0 Å². The molecule has 34 heavy (non-hydrogen) atoms. The van der Waals surface area contributed by atoms with Gasteiger partial charge in [0.1, 0.15) is 12.2 Å². The number of nitrogens with zero attached hydrogens (tertiary/aromatic N) is 2. The van der Waals surface area contributed by atoms with E-state index < -0.39 is 34.1 Å². The maximum Gasteiger partial charge on any atom is 0.338 e. The molecule has 0 fully saturated rings. The first-order valence-corrected chi connectivity index (χ1v) is 12.1. The van der Waals surface area contributed by atoms with E-state index in [2.05, 4.69) is 15.0 Å². The Bertz CT molecular complexity index is 1330. The molecule has 11 heteroatoms. The Hall–Kier alpha value is -4.12. The minimum Gasteiger partial charge on any atom is -0.478 e. The lowest BCUT2D eigenvalue weighted by molar-refractivity contribution is -0.119. The van der Waals surface area contributed by atoms with Crippen LogP contribution in [0, 0.1) is 0 Å². The molecule has 1 aromatic heterocycles. The van der Waals surface area contributed by atoms with Crippen molar-refractivity contribution in [1.82, 2.24) is 4.98 Å². The van der Waals surface area contributed by atoms with Gasteiger partial charge >= 0.3 is 5.97 Å². The fourth-order valence-corrected chi connectivity index (χ4v) is 4.57. The number of rotatable bonds is 8. The average Bonchev–Trinajstić information content (AvgIpc) is 3.20. The number of pyridine rings is 1. The SMILES string of the molecule is CCS(=O)(=O)Nc1ccc(C(C(N)=O)N2c3c(C(=O)O)ccnc3NC2c2ccccc2)cc1. The maximum atomic E-state index is 12.8. The quantitative estimate of drug-likeness (QED) is 0.383. The summed E-state index contributed by atoms with van der Waals surface area (Å²) in [4.78, 5) is 30.7. The molecule has 0 radical (unpaired) electrons. The van der Waals surface area contributed by atoms with Crippen LogP contribution in [-0.4, -0.2) is 36.1 Å². The molecule has 2 atom stereocenters. The van der Waals surface area contributed by atoms with Crippen LogP contribution in [-0.2, 0) is 14.8 Å². The van der Waals surface area contributed by atoms with Gasteiger partial charge < -0.3 is 21.1 Å². The molecule has 1 aliphatic heterocycles. The van der Waals surface area contributed by atoms with Crippen molar-refractivity contribution in [2.45, 2.75) is 19.1 Å². The average molecular weight is 482 g/mol. The number of primary amides is 1. The van der Waals surface area contributed by atoms with E-state index in [4.69, 9.17) is 5.73 Å². The lowest BCUT2D eigenvalue weighted by atomic mass is 10.0. The summed E-state index contributed by atoms with van der Waals surface area (Å²) in [5, 5.41) is 13.0. The molecular formula is C23H23N5O5S. The summed E-state index contributed by atoms with van der Waals surface area (Å²) in [6.07, 6.45) is 0.759. The summed E-state index contributed by atoms with van der Waals surface area (Å²) in [5.74, 6) is -1.66. The van der Waals surface area contributed by atoms with Gasteiger partial charge in [0.2, 0.25) is 15.9 Å². The van der Waals surface area contributed by atoms with Crippen molar-refractivity contribution in [1.29, 1.82) is 0 Å². The fraction of sp³-hybridized carbons (Fsp3) is 0.174. The van der Waals surface area contributed by atoms with E-state index in [1.54, 1.807) is 17.0 Å². The molecule has 1 aliphatic rings. The van der Waals surface area contributed by atoms with Crippen LogP contribution < -0.4 is 20.7 Å². The number of carboxylic acids is 1. The summed E-state index contributed by atoms with van der Waals surface area (Å²) < 4.78 is 26.2. The lowest BCUT2D eigenvalue weighted by Crippen LogP contribution is -2.40. The molecule has 0 spiro atoms. The van der Waals surface area contributed by atoms with Crippen molar-refractivity contribution in [2.75, 3.05) is 20.7 Å². The van der Waals surface area contributed by atoms with E-state index in [1.165, 1.54) is 31.3 Å². The zero-order valence-electron chi connectivity index (χ0n) is 18.2. The first-order valence-electron chi connectivity index (χ1n) is 10.4. The van der Waals surface area contributed by atoms with Crippen molar-refractivity contribution < 1.29 is 23.1 Å². The molecule has 2 unspecified atom stereocenters. The van der Waals surface area contributed by atoms with Crippen LogP contribution in [0.4, 0.5) is 17.2 Å². The highest BCUT2D eigenvalue weighted by Gasteiger charge is 2.41. The molecule has 0 saturated carbocycles. The van der Waals surface area contributed by atoms with Crippen molar-refractivity contribution in [3.05, 3.63) is 83.6 Å². The third kappa shape index (κ3) is 4.37. The minimum atomic E-state index is -3.47. The maximum absolute atomic E-state index is 12.8. The third-order valence-corrected chi connectivity index (χ3v) is 6.81. The highest BCUT2D eigenvalue weighted by atomic mass is 32.2. The number of fused-ring (bicyclic) bond motifs is 1. The monoisotopic (exact) mass is 481 g/mol. The molecule has 2 aromatic carbocycles. The van der Waals surface area contributed by atoms with Crippen LogP contribution in [0.15, 0.2) is 66.9 Å². The number of carbonyl (C=O) groups excluding carboxylic acids is 1. The van der Waals surface area contributed by atoms with E-state index in [-0.39, 0.29) is 17.0 Å². The highest BCUT2D eigenvalue weighted by Crippen LogP contribution is 2.47. The number of carboxylic acid groups (broad SMARTS) is 1. The Kier molecular flexibility index (Phi) is 6.12. The van der Waals surface area contributed by atoms with E-state index in [1.807, 2.05) is 30.3 Å². The summed E-state index contributed by atoms with van der Waals surface area (Å²) in [6.45, 7) is 1.52. The second-order valence-corrected chi connectivity index (χ2v) is 9.67. The normalized spacial score (nSPS) is 15.8. The zero-order valence-corrected chi connectivity index (χ0v) is 19.0. The van der Waals surface area contributed by atoms with Gasteiger partial charge in [-0.1, -0.05) is 42.5 Å². The number of aromatic carboxylic acids is 1. The Labute approximate surface area is 196 Å². The van der Waals surface area contributed by atoms with Crippen LogP contribution in [0.1, 0.15) is 40.6 Å². The van der Waals surface area contributed by atoms with Gasteiger partial charge in [-0.3, -0.25) is 9.52 Å². The first-order chi connectivity index (χ1) is 16.2. The summed E-state index contributed by atoms with van der Waals surface area (Å²) in [6, 6.07) is 15.7. The molecule has 0 bridgehead atoms. The van der Waals surface area contributed by atoms with Gasteiger partial charge in [-0.15, -0.1) is 0 Å². The van der Waals surface area contributed by atoms with E-state index in [9.17, 15) is 23.1 Å².